The van der Waals surface area contributed by atoms with Crippen molar-refractivity contribution in [3.8, 4) is 0 Å². The van der Waals surface area contributed by atoms with Crippen LogP contribution in [0.4, 0.5) is 17.3 Å². The molecule has 1 aromatic carbocycles. The van der Waals surface area contributed by atoms with E-state index in [1.54, 1.807) is 17.0 Å². The summed E-state index contributed by atoms with van der Waals surface area (Å²) in [5.41, 5.74) is 2.64. The summed E-state index contributed by atoms with van der Waals surface area (Å²) in [5.74, 6) is 0.501. The van der Waals surface area contributed by atoms with Gasteiger partial charge in [-0.05, 0) is 56.4 Å². The maximum absolute atomic E-state index is 12.4. The van der Waals surface area contributed by atoms with Crippen molar-refractivity contribution in [2.75, 3.05) is 23.3 Å². The predicted octanol–water partition coefficient (Wildman–Crippen LogP) is 4.04. The standard InChI is InChI=1S/C22H26N6O/c29-22-24-15-16-14-23-21(26-20(16)28(22)19-6-2-3-7-19)25-17-8-10-18(11-9-17)27-12-4-1-5-13-27/h8-11,14-15,19H,1-7,12-13H2,(H,23,25,26). The minimum Gasteiger partial charge on any atom is -0.372 e. The molecule has 5 rings (SSSR count). The van der Waals surface area contributed by atoms with E-state index in [0.29, 0.717) is 11.6 Å². The molecule has 29 heavy (non-hydrogen) atoms. The van der Waals surface area contributed by atoms with Crippen LogP contribution < -0.4 is 15.9 Å². The van der Waals surface area contributed by atoms with Gasteiger partial charge in [-0.2, -0.15) is 4.98 Å². The first-order valence-corrected chi connectivity index (χ1v) is 10.6. The number of aromatic nitrogens is 4. The lowest BCUT2D eigenvalue weighted by Crippen LogP contribution is -2.29. The van der Waals surface area contributed by atoms with Crippen LogP contribution in [-0.4, -0.2) is 32.6 Å². The number of rotatable bonds is 4. The Hall–Kier alpha value is -2.96. The molecule has 7 nitrogen and oxygen atoms in total. The zero-order chi connectivity index (χ0) is 19.6. The molecular weight excluding hydrogens is 364 g/mol. The average Bonchev–Trinajstić information content (AvgIpc) is 3.29. The summed E-state index contributed by atoms with van der Waals surface area (Å²) in [4.78, 5) is 28.0. The third-order valence-electron chi connectivity index (χ3n) is 6.08. The molecule has 0 spiro atoms. The lowest BCUT2D eigenvalue weighted by Gasteiger charge is -2.28. The molecular formula is C22H26N6O. The highest BCUT2D eigenvalue weighted by Crippen LogP contribution is 2.30. The number of piperidine rings is 1. The summed E-state index contributed by atoms with van der Waals surface area (Å²) in [6.07, 6.45) is 11.5. The van der Waals surface area contributed by atoms with E-state index in [4.69, 9.17) is 0 Å². The van der Waals surface area contributed by atoms with Crippen LogP contribution >= 0.6 is 0 Å². The van der Waals surface area contributed by atoms with E-state index in [2.05, 4.69) is 49.4 Å². The number of nitrogens with one attached hydrogen (secondary N) is 1. The lowest BCUT2D eigenvalue weighted by molar-refractivity contribution is 0.506. The van der Waals surface area contributed by atoms with Crippen LogP contribution in [0.5, 0.6) is 0 Å². The Kier molecular flexibility index (Phi) is 4.87. The zero-order valence-electron chi connectivity index (χ0n) is 16.5. The predicted molar refractivity (Wildman–Crippen MR) is 115 cm³/mol. The minimum absolute atomic E-state index is 0.185. The highest BCUT2D eigenvalue weighted by atomic mass is 16.1. The molecule has 2 fully saturated rings. The van der Waals surface area contributed by atoms with Gasteiger partial charge < -0.3 is 10.2 Å². The van der Waals surface area contributed by atoms with Gasteiger partial charge in [-0.3, -0.25) is 4.57 Å². The van der Waals surface area contributed by atoms with Crippen molar-refractivity contribution in [1.29, 1.82) is 0 Å². The lowest BCUT2D eigenvalue weighted by atomic mass is 10.1. The Bertz CT molecular complexity index is 1050. The zero-order valence-corrected chi connectivity index (χ0v) is 16.5. The fourth-order valence-corrected chi connectivity index (χ4v) is 4.53. The SMILES string of the molecule is O=c1ncc2cnc(Nc3ccc(N4CCCCC4)cc3)nc2n1C1CCCC1. The van der Waals surface area contributed by atoms with Gasteiger partial charge in [0, 0.05) is 42.9 Å². The summed E-state index contributed by atoms with van der Waals surface area (Å²) < 4.78 is 1.76. The van der Waals surface area contributed by atoms with Crippen molar-refractivity contribution < 1.29 is 0 Å². The quantitative estimate of drug-likeness (QED) is 0.725. The molecule has 7 heteroatoms. The van der Waals surface area contributed by atoms with Crippen LogP contribution in [0.25, 0.3) is 11.0 Å². The topological polar surface area (TPSA) is 75.9 Å². The van der Waals surface area contributed by atoms with Gasteiger partial charge in [0.1, 0.15) is 0 Å². The Balaban J connectivity index is 1.41. The Morgan fingerprint density at radius 1 is 0.897 bits per heavy atom. The van der Waals surface area contributed by atoms with E-state index in [9.17, 15) is 4.79 Å². The molecule has 0 bridgehead atoms. The molecule has 1 aliphatic heterocycles. The van der Waals surface area contributed by atoms with Crippen LogP contribution in [0.3, 0.4) is 0 Å². The fourth-order valence-electron chi connectivity index (χ4n) is 4.53. The van der Waals surface area contributed by atoms with E-state index in [1.807, 2.05) is 0 Å². The van der Waals surface area contributed by atoms with Crippen LogP contribution in [0.15, 0.2) is 41.5 Å². The maximum atomic E-state index is 12.4. The number of benzene rings is 1. The van der Waals surface area contributed by atoms with Crippen molar-refractivity contribution in [3.63, 3.8) is 0 Å². The van der Waals surface area contributed by atoms with Gasteiger partial charge in [0.05, 0.1) is 5.39 Å². The van der Waals surface area contributed by atoms with E-state index in [1.165, 1.54) is 24.9 Å². The largest absolute Gasteiger partial charge is 0.372 e. The van der Waals surface area contributed by atoms with Gasteiger partial charge in [-0.15, -0.1) is 0 Å². The molecule has 0 amide bonds. The van der Waals surface area contributed by atoms with Gasteiger partial charge >= 0.3 is 5.69 Å². The summed E-state index contributed by atoms with van der Waals surface area (Å²) in [6, 6.07) is 8.60. The summed E-state index contributed by atoms with van der Waals surface area (Å²) >= 11 is 0. The number of hydrogen-bond acceptors (Lipinski definition) is 6. The Morgan fingerprint density at radius 3 is 2.38 bits per heavy atom. The summed E-state index contributed by atoms with van der Waals surface area (Å²) in [6.45, 7) is 2.26. The first kappa shape index (κ1) is 18.1. The number of nitrogens with zero attached hydrogens (tertiary/aromatic N) is 5. The van der Waals surface area contributed by atoms with Crippen LogP contribution in [0, 0.1) is 0 Å². The van der Waals surface area contributed by atoms with E-state index in [-0.39, 0.29) is 11.7 Å². The number of hydrogen-bond donors (Lipinski definition) is 1. The van der Waals surface area contributed by atoms with Crippen LogP contribution in [0.2, 0.25) is 0 Å². The van der Waals surface area contributed by atoms with E-state index >= 15 is 0 Å². The Labute approximate surface area is 169 Å². The first-order valence-electron chi connectivity index (χ1n) is 10.6. The normalized spacial score (nSPS) is 17.7. The first-order chi connectivity index (χ1) is 14.3. The van der Waals surface area contributed by atoms with Crippen molar-refractivity contribution in [3.05, 3.63) is 47.1 Å². The molecule has 0 unspecified atom stereocenters. The van der Waals surface area contributed by atoms with Crippen molar-refractivity contribution in [1.82, 2.24) is 19.5 Å². The van der Waals surface area contributed by atoms with Crippen LogP contribution in [-0.2, 0) is 0 Å². The second-order valence-electron chi connectivity index (χ2n) is 8.04. The molecule has 1 saturated heterocycles. The molecule has 3 heterocycles. The highest BCUT2D eigenvalue weighted by molar-refractivity contribution is 5.75. The summed E-state index contributed by atoms with van der Waals surface area (Å²) in [7, 11) is 0. The fraction of sp³-hybridized carbons (Fsp3) is 0.455. The van der Waals surface area contributed by atoms with Crippen molar-refractivity contribution >= 4 is 28.4 Å². The average molecular weight is 390 g/mol. The second kappa shape index (κ2) is 7.81. The molecule has 1 N–H and O–H groups in total. The van der Waals surface area contributed by atoms with E-state index in [0.717, 1.165) is 49.8 Å². The third-order valence-corrected chi connectivity index (χ3v) is 6.08. The monoisotopic (exact) mass is 390 g/mol. The van der Waals surface area contributed by atoms with Crippen molar-refractivity contribution in [2.45, 2.75) is 51.0 Å². The molecule has 2 aromatic heterocycles. The van der Waals surface area contributed by atoms with Crippen LogP contribution in [0.1, 0.15) is 51.0 Å². The molecule has 3 aromatic rings. The van der Waals surface area contributed by atoms with E-state index < -0.39 is 0 Å². The molecule has 1 saturated carbocycles. The number of anilines is 3. The number of fused-ring (bicyclic) bond motifs is 1. The van der Waals surface area contributed by atoms with Gasteiger partial charge in [0.25, 0.3) is 0 Å². The summed E-state index contributed by atoms with van der Waals surface area (Å²) in [5, 5.41) is 4.08. The smallest absolute Gasteiger partial charge is 0.349 e. The third kappa shape index (κ3) is 3.69. The van der Waals surface area contributed by atoms with Gasteiger partial charge in [0.2, 0.25) is 5.95 Å². The Morgan fingerprint density at radius 2 is 1.62 bits per heavy atom. The molecule has 0 radical (unpaired) electrons. The second-order valence-corrected chi connectivity index (χ2v) is 8.04. The van der Waals surface area contributed by atoms with Gasteiger partial charge in [-0.1, -0.05) is 12.8 Å². The molecule has 1 aliphatic carbocycles. The molecule has 150 valence electrons. The maximum Gasteiger partial charge on any atom is 0.349 e. The van der Waals surface area contributed by atoms with Crippen molar-refractivity contribution in [2.24, 2.45) is 0 Å². The van der Waals surface area contributed by atoms with Gasteiger partial charge in [-0.25, -0.2) is 14.8 Å². The molecule has 0 atom stereocenters. The minimum atomic E-state index is -0.222. The highest BCUT2D eigenvalue weighted by Gasteiger charge is 2.21. The van der Waals surface area contributed by atoms with Gasteiger partial charge in [0.15, 0.2) is 5.65 Å². The molecule has 2 aliphatic rings.